The van der Waals surface area contributed by atoms with Crippen molar-refractivity contribution in [2.45, 2.75) is 13.0 Å². The van der Waals surface area contributed by atoms with Gasteiger partial charge in [0.05, 0.1) is 18.9 Å². The van der Waals surface area contributed by atoms with Gasteiger partial charge in [-0.1, -0.05) is 24.3 Å². The van der Waals surface area contributed by atoms with Gasteiger partial charge in [0, 0.05) is 67.5 Å². The molecule has 6 rings (SSSR count). The van der Waals surface area contributed by atoms with Gasteiger partial charge in [0.2, 0.25) is 5.56 Å². The number of benzene rings is 2. The third-order valence-corrected chi connectivity index (χ3v) is 6.47. The number of ether oxygens (including phenoxy) is 2. The fourth-order valence-electron chi connectivity index (χ4n) is 4.66. The Bertz CT molecular complexity index is 1410. The Kier molecular flexibility index (Phi) is 5.68. The number of hydrogen-bond donors (Lipinski definition) is 2. The van der Waals surface area contributed by atoms with Gasteiger partial charge in [-0.3, -0.25) is 9.78 Å². The van der Waals surface area contributed by atoms with Gasteiger partial charge >= 0.3 is 0 Å². The van der Waals surface area contributed by atoms with Crippen molar-refractivity contribution in [2.75, 3.05) is 36.5 Å². The van der Waals surface area contributed by atoms with Gasteiger partial charge in [-0.05, 0) is 41.0 Å². The minimum Gasteiger partial charge on any atom is -0.456 e. The van der Waals surface area contributed by atoms with Crippen LogP contribution in [-0.2, 0) is 17.7 Å². The molecule has 0 atom stereocenters. The molecule has 2 aliphatic rings. The van der Waals surface area contributed by atoms with Crippen molar-refractivity contribution < 1.29 is 9.47 Å². The monoisotopic (exact) mass is 466 g/mol. The number of anilines is 2. The molecule has 0 saturated carbocycles. The molecule has 1 saturated heterocycles. The fourth-order valence-corrected chi connectivity index (χ4v) is 4.66. The van der Waals surface area contributed by atoms with Crippen LogP contribution in [0.3, 0.4) is 0 Å². The van der Waals surface area contributed by atoms with Gasteiger partial charge < -0.3 is 24.7 Å². The smallest absolute Gasteiger partial charge is 0.250 e. The molecule has 0 unspecified atom stereocenters. The van der Waals surface area contributed by atoms with Crippen LogP contribution < -0.4 is 20.5 Å². The number of rotatable bonds is 5. The number of aromatic nitrogens is 2. The Hall–Kier alpha value is -4.10. The zero-order valence-corrected chi connectivity index (χ0v) is 19.3. The molecule has 176 valence electrons. The topological polar surface area (TPSA) is 79.5 Å². The highest BCUT2D eigenvalue weighted by atomic mass is 16.5. The van der Waals surface area contributed by atoms with E-state index < -0.39 is 0 Å². The van der Waals surface area contributed by atoms with Crippen LogP contribution in [0.15, 0.2) is 77.9 Å². The first-order chi connectivity index (χ1) is 17.2. The molecule has 2 N–H and O–H groups in total. The number of nitrogens with zero attached hydrogens (tertiary/aromatic N) is 2. The van der Waals surface area contributed by atoms with Crippen LogP contribution in [-0.4, -0.2) is 36.3 Å². The predicted molar refractivity (Wildman–Crippen MR) is 136 cm³/mol. The van der Waals surface area contributed by atoms with E-state index in [2.05, 4.69) is 38.4 Å². The molecule has 7 heteroatoms. The molecule has 1 fully saturated rings. The number of morpholine rings is 1. The van der Waals surface area contributed by atoms with Crippen molar-refractivity contribution >= 4 is 11.4 Å². The molecule has 4 aromatic rings. The lowest BCUT2D eigenvalue weighted by molar-refractivity contribution is 0.122. The maximum absolute atomic E-state index is 12.6. The van der Waals surface area contributed by atoms with E-state index in [1.165, 1.54) is 0 Å². The standard InChI is InChI=1S/C28H26N4O3/c33-27-16-23(32-9-11-34-12-10-32)15-25(31-27)24-5-1-4-21-13-20-6-7-22(14-26(20)35-28(21)24)30-18-19-3-2-8-29-17-19/h1-8,14-17,30H,9-13,18H2,(H,31,33). The normalized spacial score (nSPS) is 14.6. The van der Waals surface area contributed by atoms with Gasteiger partial charge in [-0.2, -0.15) is 0 Å². The Morgan fingerprint density at radius 1 is 1.00 bits per heavy atom. The summed E-state index contributed by atoms with van der Waals surface area (Å²) < 4.78 is 11.9. The highest BCUT2D eigenvalue weighted by molar-refractivity contribution is 5.74. The lowest BCUT2D eigenvalue weighted by atomic mass is 9.96. The maximum Gasteiger partial charge on any atom is 0.250 e. The second-order valence-electron chi connectivity index (χ2n) is 8.83. The van der Waals surface area contributed by atoms with Crippen molar-refractivity contribution in [3.05, 3.63) is 100 Å². The molecule has 0 radical (unpaired) electrons. The number of pyridine rings is 2. The van der Waals surface area contributed by atoms with E-state index in [1.807, 2.05) is 42.6 Å². The van der Waals surface area contributed by atoms with Crippen LogP contribution in [0.4, 0.5) is 11.4 Å². The third-order valence-electron chi connectivity index (χ3n) is 6.47. The molecule has 2 aromatic heterocycles. The molecule has 2 aliphatic heterocycles. The van der Waals surface area contributed by atoms with Crippen LogP contribution in [0.1, 0.15) is 16.7 Å². The summed E-state index contributed by atoms with van der Waals surface area (Å²) in [6.45, 7) is 3.56. The van der Waals surface area contributed by atoms with E-state index >= 15 is 0 Å². The van der Waals surface area contributed by atoms with E-state index in [0.717, 1.165) is 70.3 Å². The maximum atomic E-state index is 12.6. The average Bonchev–Trinajstić information content (AvgIpc) is 2.91. The molecule has 0 amide bonds. The third kappa shape index (κ3) is 4.50. The van der Waals surface area contributed by atoms with Crippen molar-refractivity contribution in [3.8, 4) is 22.8 Å². The molecule has 0 aliphatic carbocycles. The Labute approximate surface area is 203 Å². The summed E-state index contributed by atoms with van der Waals surface area (Å²) >= 11 is 0. The minimum atomic E-state index is -0.125. The molecular formula is C28H26N4O3. The molecule has 2 aromatic carbocycles. The van der Waals surface area contributed by atoms with Crippen LogP contribution in [0, 0.1) is 0 Å². The first-order valence-corrected chi connectivity index (χ1v) is 11.9. The summed E-state index contributed by atoms with van der Waals surface area (Å²) in [7, 11) is 0. The van der Waals surface area contributed by atoms with E-state index in [1.54, 1.807) is 12.3 Å². The number of hydrogen-bond acceptors (Lipinski definition) is 6. The number of para-hydroxylation sites is 1. The second kappa shape index (κ2) is 9.27. The first-order valence-electron chi connectivity index (χ1n) is 11.9. The quantitative estimate of drug-likeness (QED) is 0.395. The lowest BCUT2D eigenvalue weighted by Crippen LogP contribution is -2.36. The highest BCUT2D eigenvalue weighted by Crippen LogP contribution is 2.43. The van der Waals surface area contributed by atoms with Crippen molar-refractivity contribution in [1.82, 2.24) is 9.97 Å². The summed E-state index contributed by atoms with van der Waals surface area (Å²) in [5.41, 5.74) is 6.75. The molecular weight excluding hydrogens is 440 g/mol. The molecule has 7 nitrogen and oxygen atoms in total. The Morgan fingerprint density at radius 2 is 1.91 bits per heavy atom. The summed E-state index contributed by atoms with van der Waals surface area (Å²) in [6.07, 6.45) is 4.40. The van der Waals surface area contributed by atoms with Crippen LogP contribution in [0.5, 0.6) is 11.5 Å². The fraction of sp³-hybridized carbons (Fsp3) is 0.214. The highest BCUT2D eigenvalue weighted by Gasteiger charge is 2.22. The van der Waals surface area contributed by atoms with E-state index in [4.69, 9.17) is 9.47 Å². The second-order valence-corrected chi connectivity index (χ2v) is 8.83. The number of aromatic amines is 1. The average molecular weight is 467 g/mol. The van der Waals surface area contributed by atoms with Gasteiger partial charge in [0.1, 0.15) is 11.5 Å². The molecule has 0 bridgehead atoms. The van der Waals surface area contributed by atoms with Crippen LogP contribution in [0.25, 0.3) is 11.3 Å². The lowest BCUT2D eigenvalue weighted by Gasteiger charge is -2.29. The van der Waals surface area contributed by atoms with Gasteiger partial charge in [-0.15, -0.1) is 0 Å². The van der Waals surface area contributed by atoms with Gasteiger partial charge in [0.25, 0.3) is 0 Å². The zero-order chi connectivity index (χ0) is 23.6. The van der Waals surface area contributed by atoms with Crippen molar-refractivity contribution in [2.24, 2.45) is 0 Å². The zero-order valence-electron chi connectivity index (χ0n) is 19.3. The summed E-state index contributed by atoms with van der Waals surface area (Å²) in [4.78, 5) is 21.9. The largest absolute Gasteiger partial charge is 0.456 e. The Balaban J connectivity index is 1.30. The molecule has 4 heterocycles. The van der Waals surface area contributed by atoms with Crippen LogP contribution in [0.2, 0.25) is 0 Å². The summed E-state index contributed by atoms with van der Waals surface area (Å²) in [6, 6.07) is 20.0. The molecule has 35 heavy (non-hydrogen) atoms. The SMILES string of the molecule is O=c1cc(N2CCOCC2)cc(-c2cccc3c2Oc2cc(NCc4cccnc4)ccc2C3)[nH]1. The van der Waals surface area contributed by atoms with E-state index in [0.29, 0.717) is 19.8 Å². The summed E-state index contributed by atoms with van der Waals surface area (Å²) in [5.74, 6) is 1.62. The number of nitrogens with one attached hydrogen (secondary N) is 2. The van der Waals surface area contributed by atoms with Gasteiger partial charge in [0.15, 0.2) is 0 Å². The van der Waals surface area contributed by atoms with Crippen molar-refractivity contribution in [1.29, 1.82) is 0 Å². The minimum absolute atomic E-state index is 0.125. The van der Waals surface area contributed by atoms with Gasteiger partial charge in [-0.25, -0.2) is 0 Å². The number of fused-ring (bicyclic) bond motifs is 2. The van der Waals surface area contributed by atoms with E-state index in [9.17, 15) is 4.79 Å². The predicted octanol–water partition coefficient (Wildman–Crippen LogP) is 4.58. The first kappa shape index (κ1) is 21.4. The van der Waals surface area contributed by atoms with E-state index in [-0.39, 0.29) is 5.56 Å². The van der Waals surface area contributed by atoms with Crippen LogP contribution >= 0.6 is 0 Å². The molecule has 0 spiro atoms. The summed E-state index contributed by atoms with van der Waals surface area (Å²) in [5, 5.41) is 3.45. The van der Waals surface area contributed by atoms with Crippen molar-refractivity contribution in [3.63, 3.8) is 0 Å². The number of H-pyrrole nitrogens is 1. The Morgan fingerprint density at radius 3 is 2.77 bits per heavy atom.